The van der Waals surface area contributed by atoms with Crippen LogP contribution in [-0.2, 0) is 9.53 Å². The maximum absolute atomic E-state index is 12.3. The molecule has 2 aromatic heterocycles. The summed E-state index contributed by atoms with van der Waals surface area (Å²) in [5, 5.41) is 3.25. The zero-order valence-corrected chi connectivity index (χ0v) is 17.6. The molecule has 0 radical (unpaired) electrons. The Labute approximate surface area is 177 Å². The molecule has 0 aliphatic carbocycles. The van der Waals surface area contributed by atoms with Crippen molar-refractivity contribution >= 4 is 17.5 Å². The Morgan fingerprint density at radius 2 is 1.90 bits per heavy atom. The first-order chi connectivity index (χ1) is 14.7. The number of hydrogen-bond acceptors (Lipinski definition) is 7. The van der Waals surface area contributed by atoms with Crippen LogP contribution in [0.1, 0.15) is 36.6 Å². The molecule has 1 N–H and O–H groups in total. The molecule has 30 heavy (non-hydrogen) atoms. The second-order valence-electron chi connectivity index (χ2n) is 7.98. The highest BCUT2D eigenvalue weighted by atomic mass is 16.5. The van der Waals surface area contributed by atoms with E-state index in [1.807, 2.05) is 36.2 Å². The second-order valence-corrected chi connectivity index (χ2v) is 7.98. The summed E-state index contributed by atoms with van der Waals surface area (Å²) in [5.74, 6) is 2.15. The van der Waals surface area contributed by atoms with E-state index >= 15 is 0 Å². The van der Waals surface area contributed by atoms with Gasteiger partial charge in [0.25, 0.3) is 0 Å². The Morgan fingerprint density at radius 3 is 2.67 bits per heavy atom. The predicted molar refractivity (Wildman–Crippen MR) is 115 cm³/mol. The number of nitrogens with one attached hydrogen (secondary N) is 1. The van der Waals surface area contributed by atoms with E-state index < -0.39 is 0 Å². The minimum atomic E-state index is 0.245. The maximum atomic E-state index is 12.3. The number of aryl methyl sites for hydroxylation is 1. The fourth-order valence-electron chi connectivity index (χ4n) is 4.06. The van der Waals surface area contributed by atoms with Crippen LogP contribution in [0.15, 0.2) is 30.6 Å². The lowest BCUT2D eigenvalue weighted by Gasteiger charge is -2.32. The average molecular weight is 411 g/mol. The number of pyridine rings is 1. The van der Waals surface area contributed by atoms with Gasteiger partial charge in [0.1, 0.15) is 11.6 Å². The van der Waals surface area contributed by atoms with Crippen LogP contribution in [0.3, 0.4) is 0 Å². The number of piperidine rings is 1. The van der Waals surface area contributed by atoms with Crippen molar-refractivity contribution in [2.45, 2.75) is 32.1 Å². The normalized spacial score (nSPS) is 18.4. The SMILES string of the molecule is Cc1cccc(Nc2cncc(C3CCN(CCC(=O)N4CCOCC4)CC3)n2)n1. The smallest absolute Gasteiger partial charge is 0.224 e. The van der Waals surface area contributed by atoms with E-state index in [-0.39, 0.29) is 5.91 Å². The number of likely N-dealkylation sites (tertiary alicyclic amines) is 1. The molecule has 4 heterocycles. The lowest BCUT2D eigenvalue weighted by atomic mass is 9.93. The molecule has 2 saturated heterocycles. The van der Waals surface area contributed by atoms with Gasteiger partial charge in [-0.3, -0.25) is 9.78 Å². The summed E-state index contributed by atoms with van der Waals surface area (Å²) in [6.07, 6.45) is 6.27. The molecule has 0 aromatic carbocycles. The van der Waals surface area contributed by atoms with E-state index in [1.54, 1.807) is 6.20 Å². The van der Waals surface area contributed by atoms with Gasteiger partial charge in [-0.25, -0.2) is 9.97 Å². The molecule has 0 saturated carbocycles. The second kappa shape index (κ2) is 9.95. The first-order valence-electron chi connectivity index (χ1n) is 10.8. The number of amides is 1. The number of carbonyl (C=O) groups is 1. The van der Waals surface area contributed by atoms with Gasteiger partial charge in [-0.2, -0.15) is 0 Å². The van der Waals surface area contributed by atoms with Crippen LogP contribution in [0.5, 0.6) is 0 Å². The summed E-state index contributed by atoms with van der Waals surface area (Å²) in [7, 11) is 0. The van der Waals surface area contributed by atoms with E-state index in [9.17, 15) is 4.79 Å². The molecule has 4 rings (SSSR count). The first kappa shape index (κ1) is 20.7. The minimum absolute atomic E-state index is 0.245. The van der Waals surface area contributed by atoms with Crippen molar-refractivity contribution in [2.24, 2.45) is 0 Å². The van der Waals surface area contributed by atoms with E-state index in [2.05, 4.69) is 20.2 Å². The van der Waals surface area contributed by atoms with E-state index in [0.29, 0.717) is 25.6 Å². The number of carbonyl (C=O) groups excluding carboxylic acids is 1. The molecule has 8 nitrogen and oxygen atoms in total. The standard InChI is InChI=1S/C22H30N6O2/c1-17-3-2-4-20(24-17)26-21-16-23-15-19(25-21)18-5-8-27(9-6-18)10-7-22(29)28-11-13-30-14-12-28/h2-4,15-16,18H,5-14H2,1H3,(H,24,25,26). The Morgan fingerprint density at radius 1 is 1.10 bits per heavy atom. The van der Waals surface area contributed by atoms with Crippen molar-refractivity contribution in [2.75, 3.05) is 51.3 Å². The average Bonchev–Trinajstić information content (AvgIpc) is 2.79. The van der Waals surface area contributed by atoms with Crippen molar-refractivity contribution in [1.29, 1.82) is 0 Å². The molecule has 160 valence electrons. The zero-order chi connectivity index (χ0) is 20.8. The fourth-order valence-corrected chi connectivity index (χ4v) is 4.06. The third kappa shape index (κ3) is 5.52. The molecule has 0 bridgehead atoms. The molecule has 2 aliphatic rings. The molecule has 0 spiro atoms. The van der Waals surface area contributed by atoms with Crippen LogP contribution < -0.4 is 5.32 Å². The van der Waals surface area contributed by atoms with Gasteiger partial charge in [0.05, 0.1) is 25.1 Å². The monoisotopic (exact) mass is 410 g/mol. The van der Waals surface area contributed by atoms with Crippen molar-refractivity contribution in [3.05, 3.63) is 42.0 Å². The molecule has 0 atom stereocenters. The van der Waals surface area contributed by atoms with Crippen LogP contribution in [-0.4, -0.2) is 76.6 Å². The van der Waals surface area contributed by atoms with E-state index in [4.69, 9.17) is 9.72 Å². The van der Waals surface area contributed by atoms with Gasteiger partial charge in [0.15, 0.2) is 0 Å². The van der Waals surface area contributed by atoms with Crippen molar-refractivity contribution < 1.29 is 9.53 Å². The van der Waals surface area contributed by atoms with Crippen molar-refractivity contribution in [1.82, 2.24) is 24.8 Å². The molecule has 2 aromatic rings. The molecule has 2 fully saturated rings. The number of morpholine rings is 1. The molecule has 0 unspecified atom stereocenters. The summed E-state index contributed by atoms with van der Waals surface area (Å²) in [6, 6.07) is 5.87. The molecular weight excluding hydrogens is 380 g/mol. The first-order valence-corrected chi connectivity index (χ1v) is 10.8. The topological polar surface area (TPSA) is 83.5 Å². The van der Waals surface area contributed by atoms with Gasteiger partial charge < -0.3 is 19.9 Å². The van der Waals surface area contributed by atoms with Crippen molar-refractivity contribution in [3.8, 4) is 0 Å². The highest BCUT2D eigenvalue weighted by Crippen LogP contribution is 2.27. The largest absolute Gasteiger partial charge is 0.378 e. The van der Waals surface area contributed by atoms with Gasteiger partial charge >= 0.3 is 0 Å². The highest BCUT2D eigenvalue weighted by molar-refractivity contribution is 5.76. The number of ether oxygens (including phenoxy) is 1. The van der Waals surface area contributed by atoms with E-state index in [1.165, 1.54) is 0 Å². The van der Waals surface area contributed by atoms with Gasteiger partial charge in [-0.1, -0.05) is 6.07 Å². The quantitative estimate of drug-likeness (QED) is 0.783. The van der Waals surface area contributed by atoms with Gasteiger partial charge in [-0.05, 0) is 45.0 Å². The predicted octanol–water partition coefficient (Wildman–Crippen LogP) is 2.35. The number of aromatic nitrogens is 3. The molecule has 2 aliphatic heterocycles. The number of nitrogens with zero attached hydrogens (tertiary/aromatic N) is 5. The number of anilines is 2. The Balaban J connectivity index is 1.26. The third-order valence-corrected chi connectivity index (χ3v) is 5.81. The minimum Gasteiger partial charge on any atom is -0.378 e. The molecule has 1 amide bonds. The third-order valence-electron chi connectivity index (χ3n) is 5.81. The summed E-state index contributed by atoms with van der Waals surface area (Å²) in [4.78, 5) is 30.3. The van der Waals surface area contributed by atoms with E-state index in [0.717, 1.165) is 68.6 Å². The van der Waals surface area contributed by atoms with Gasteiger partial charge in [-0.15, -0.1) is 0 Å². The van der Waals surface area contributed by atoms with Crippen LogP contribution in [0.2, 0.25) is 0 Å². The van der Waals surface area contributed by atoms with Crippen LogP contribution >= 0.6 is 0 Å². The maximum Gasteiger partial charge on any atom is 0.224 e. The van der Waals surface area contributed by atoms with Crippen LogP contribution in [0.25, 0.3) is 0 Å². The number of hydrogen-bond donors (Lipinski definition) is 1. The van der Waals surface area contributed by atoms with Gasteiger partial charge in [0.2, 0.25) is 5.91 Å². The Kier molecular flexibility index (Phi) is 6.86. The zero-order valence-electron chi connectivity index (χ0n) is 17.6. The summed E-state index contributed by atoms with van der Waals surface area (Å²) in [5.41, 5.74) is 1.99. The lowest BCUT2D eigenvalue weighted by Crippen LogP contribution is -2.42. The Hall–Kier alpha value is -2.58. The highest BCUT2D eigenvalue weighted by Gasteiger charge is 2.23. The Bertz CT molecular complexity index is 847. The summed E-state index contributed by atoms with van der Waals surface area (Å²) >= 11 is 0. The van der Waals surface area contributed by atoms with Gasteiger partial charge in [0, 0.05) is 43.9 Å². The molecular formula is C22H30N6O2. The summed E-state index contributed by atoms with van der Waals surface area (Å²) in [6.45, 7) is 7.53. The van der Waals surface area contributed by atoms with Crippen LogP contribution in [0, 0.1) is 6.92 Å². The summed E-state index contributed by atoms with van der Waals surface area (Å²) < 4.78 is 5.32. The number of rotatable bonds is 6. The van der Waals surface area contributed by atoms with Crippen molar-refractivity contribution in [3.63, 3.8) is 0 Å². The fraction of sp³-hybridized carbons (Fsp3) is 0.545. The van der Waals surface area contributed by atoms with Crippen LogP contribution in [0.4, 0.5) is 11.6 Å². The molecule has 8 heteroatoms. The lowest BCUT2D eigenvalue weighted by molar-refractivity contribution is -0.135.